The number of hydrogen-bond donors (Lipinski definition) is 2. The van der Waals surface area contributed by atoms with E-state index in [4.69, 9.17) is 16.7 Å². The van der Waals surface area contributed by atoms with Crippen LogP contribution in [0.5, 0.6) is 0 Å². The molecule has 1 rings (SSSR count). The monoisotopic (exact) mass is 262 g/mol. The molecule has 0 atom stereocenters. The SMILES string of the molecule is CCC(=O)Nc1cc(S(N)(=O)=O)ccc1Cl. The molecule has 0 radical (unpaired) electrons. The van der Waals surface area contributed by atoms with Crippen LogP contribution in [-0.2, 0) is 14.8 Å². The highest BCUT2D eigenvalue weighted by Gasteiger charge is 2.11. The van der Waals surface area contributed by atoms with E-state index in [0.29, 0.717) is 0 Å². The maximum atomic E-state index is 11.1. The van der Waals surface area contributed by atoms with E-state index in [1.807, 2.05) is 0 Å². The van der Waals surface area contributed by atoms with Crippen molar-refractivity contribution in [1.29, 1.82) is 0 Å². The molecule has 0 saturated heterocycles. The van der Waals surface area contributed by atoms with Crippen LogP contribution in [-0.4, -0.2) is 14.3 Å². The van der Waals surface area contributed by atoms with Gasteiger partial charge >= 0.3 is 0 Å². The van der Waals surface area contributed by atoms with Gasteiger partial charge in [0.1, 0.15) is 0 Å². The quantitative estimate of drug-likeness (QED) is 0.861. The fraction of sp³-hybridized carbons (Fsp3) is 0.222. The highest BCUT2D eigenvalue weighted by Crippen LogP contribution is 2.24. The molecular weight excluding hydrogens is 252 g/mol. The van der Waals surface area contributed by atoms with E-state index >= 15 is 0 Å². The second-order valence-electron chi connectivity index (χ2n) is 3.09. The molecule has 1 aromatic rings. The van der Waals surface area contributed by atoms with Crippen LogP contribution in [0.15, 0.2) is 23.1 Å². The Morgan fingerprint density at radius 3 is 2.62 bits per heavy atom. The molecule has 0 aliphatic carbocycles. The van der Waals surface area contributed by atoms with Crippen molar-refractivity contribution >= 4 is 33.2 Å². The predicted molar refractivity (Wildman–Crippen MR) is 61.7 cm³/mol. The van der Waals surface area contributed by atoms with Gasteiger partial charge in [0.05, 0.1) is 15.6 Å². The molecule has 0 aromatic heterocycles. The van der Waals surface area contributed by atoms with Gasteiger partial charge in [0.15, 0.2) is 0 Å². The minimum atomic E-state index is -3.79. The molecular formula is C9H11ClN2O3S. The van der Waals surface area contributed by atoms with Crippen LogP contribution < -0.4 is 10.5 Å². The van der Waals surface area contributed by atoms with Crippen LogP contribution in [0.3, 0.4) is 0 Å². The third kappa shape index (κ3) is 3.19. The number of nitrogens with two attached hydrogens (primary N) is 1. The molecule has 0 bridgehead atoms. The smallest absolute Gasteiger partial charge is 0.238 e. The number of sulfonamides is 1. The molecule has 0 aliphatic heterocycles. The summed E-state index contributed by atoms with van der Waals surface area (Å²) in [6, 6.07) is 3.87. The van der Waals surface area contributed by atoms with Gasteiger partial charge in [-0.05, 0) is 18.2 Å². The lowest BCUT2D eigenvalue weighted by Gasteiger charge is -2.07. The fourth-order valence-corrected chi connectivity index (χ4v) is 1.72. The van der Waals surface area contributed by atoms with Crippen LogP contribution in [0.2, 0.25) is 5.02 Å². The first-order valence-corrected chi connectivity index (χ1v) is 6.39. The molecule has 1 aromatic carbocycles. The topological polar surface area (TPSA) is 89.3 Å². The molecule has 0 fully saturated rings. The van der Waals surface area contributed by atoms with Crippen molar-refractivity contribution in [2.45, 2.75) is 18.2 Å². The van der Waals surface area contributed by atoms with Crippen molar-refractivity contribution in [2.75, 3.05) is 5.32 Å². The van der Waals surface area contributed by atoms with Crippen molar-refractivity contribution in [1.82, 2.24) is 0 Å². The molecule has 5 nitrogen and oxygen atoms in total. The summed E-state index contributed by atoms with van der Waals surface area (Å²) in [5, 5.41) is 7.70. The number of nitrogens with one attached hydrogen (secondary N) is 1. The zero-order valence-electron chi connectivity index (χ0n) is 8.53. The average molecular weight is 263 g/mol. The van der Waals surface area contributed by atoms with Crippen LogP contribution in [0.4, 0.5) is 5.69 Å². The summed E-state index contributed by atoms with van der Waals surface area (Å²) in [7, 11) is -3.79. The van der Waals surface area contributed by atoms with E-state index in [2.05, 4.69) is 5.32 Å². The Balaban J connectivity index is 3.14. The van der Waals surface area contributed by atoms with Gasteiger partial charge in [-0.1, -0.05) is 18.5 Å². The summed E-state index contributed by atoms with van der Waals surface area (Å²) in [5.41, 5.74) is 0.236. The maximum Gasteiger partial charge on any atom is 0.238 e. The maximum absolute atomic E-state index is 11.1. The zero-order valence-corrected chi connectivity index (χ0v) is 10.1. The van der Waals surface area contributed by atoms with Gasteiger partial charge in [-0.25, -0.2) is 13.6 Å². The number of amides is 1. The second kappa shape index (κ2) is 4.82. The Hall–Kier alpha value is -1.11. The van der Waals surface area contributed by atoms with Crippen molar-refractivity contribution in [3.05, 3.63) is 23.2 Å². The number of halogens is 1. The summed E-state index contributed by atoms with van der Waals surface area (Å²) in [5.74, 6) is -0.256. The summed E-state index contributed by atoms with van der Waals surface area (Å²) >= 11 is 5.80. The molecule has 0 heterocycles. The first-order valence-electron chi connectivity index (χ1n) is 4.46. The van der Waals surface area contributed by atoms with E-state index in [0.717, 1.165) is 0 Å². The first kappa shape index (κ1) is 13.0. The molecule has 0 spiro atoms. The molecule has 1 amide bonds. The average Bonchev–Trinajstić information content (AvgIpc) is 2.19. The summed E-state index contributed by atoms with van der Waals surface area (Å²) < 4.78 is 22.1. The number of primary sulfonamides is 1. The Bertz CT molecular complexity index is 513. The van der Waals surface area contributed by atoms with E-state index < -0.39 is 10.0 Å². The third-order valence-electron chi connectivity index (χ3n) is 1.86. The Morgan fingerprint density at radius 2 is 2.12 bits per heavy atom. The number of rotatable bonds is 3. The highest BCUT2D eigenvalue weighted by molar-refractivity contribution is 7.89. The van der Waals surface area contributed by atoms with Crippen molar-refractivity contribution in [3.63, 3.8) is 0 Å². The lowest BCUT2D eigenvalue weighted by molar-refractivity contribution is -0.115. The van der Waals surface area contributed by atoms with Crippen molar-refractivity contribution < 1.29 is 13.2 Å². The Morgan fingerprint density at radius 1 is 1.50 bits per heavy atom. The van der Waals surface area contributed by atoms with Gasteiger partial charge in [-0.2, -0.15) is 0 Å². The van der Waals surface area contributed by atoms with Crippen LogP contribution >= 0.6 is 11.6 Å². The minimum absolute atomic E-state index is 0.0942. The summed E-state index contributed by atoms with van der Waals surface area (Å²) in [6.07, 6.45) is 0.274. The normalized spacial score (nSPS) is 11.2. The largest absolute Gasteiger partial charge is 0.325 e. The highest BCUT2D eigenvalue weighted by atomic mass is 35.5. The zero-order chi connectivity index (χ0) is 12.3. The van der Waals surface area contributed by atoms with Gasteiger partial charge in [0.25, 0.3) is 0 Å². The standard InChI is InChI=1S/C9H11ClN2O3S/c1-2-9(13)12-8-5-6(16(11,14)15)3-4-7(8)10/h3-5H,2H2,1H3,(H,12,13)(H2,11,14,15). The van der Waals surface area contributed by atoms with E-state index in [9.17, 15) is 13.2 Å². The van der Waals surface area contributed by atoms with Crippen LogP contribution in [0.1, 0.15) is 13.3 Å². The van der Waals surface area contributed by atoms with Gasteiger partial charge in [0, 0.05) is 6.42 Å². The lowest BCUT2D eigenvalue weighted by Crippen LogP contribution is -2.14. The number of hydrogen-bond acceptors (Lipinski definition) is 3. The van der Waals surface area contributed by atoms with E-state index in [1.54, 1.807) is 6.92 Å². The molecule has 0 saturated carbocycles. The van der Waals surface area contributed by atoms with Gasteiger partial charge in [-0.3, -0.25) is 4.79 Å². The van der Waals surface area contributed by atoms with E-state index in [1.165, 1.54) is 18.2 Å². The molecule has 3 N–H and O–H groups in total. The van der Waals surface area contributed by atoms with Crippen LogP contribution in [0.25, 0.3) is 0 Å². The summed E-state index contributed by atoms with van der Waals surface area (Å²) in [4.78, 5) is 11.0. The first-order chi connectivity index (χ1) is 7.34. The number of anilines is 1. The van der Waals surface area contributed by atoms with Crippen molar-refractivity contribution in [3.8, 4) is 0 Å². The van der Waals surface area contributed by atoms with Gasteiger partial charge in [-0.15, -0.1) is 0 Å². The fourth-order valence-electron chi connectivity index (χ4n) is 1.02. The predicted octanol–water partition coefficient (Wildman–Crippen LogP) is 1.34. The second-order valence-corrected chi connectivity index (χ2v) is 5.06. The Kier molecular flexibility index (Phi) is 3.90. The Labute approximate surface area is 98.6 Å². The number of carbonyl (C=O) groups is 1. The minimum Gasteiger partial charge on any atom is -0.325 e. The number of benzene rings is 1. The van der Waals surface area contributed by atoms with E-state index in [-0.39, 0.29) is 27.9 Å². The third-order valence-corrected chi connectivity index (χ3v) is 3.10. The van der Waals surface area contributed by atoms with Crippen LogP contribution in [0, 0.1) is 0 Å². The number of carbonyl (C=O) groups excluding carboxylic acids is 1. The lowest BCUT2D eigenvalue weighted by atomic mass is 10.3. The van der Waals surface area contributed by atoms with Gasteiger partial charge < -0.3 is 5.32 Å². The van der Waals surface area contributed by atoms with Gasteiger partial charge in [0.2, 0.25) is 15.9 Å². The molecule has 88 valence electrons. The molecule has 16 heavy (non-hydrogen) atoms. The molecule has 0 aliphatic rings. The molecule has 0 unspecified atom stereocenters. The summed E-state index contributed by atoms with van der Waals surface area (Å²) in [6.45, 7) is 1.67. The molecule has 7 heteroatoms. The van der Waals surface area contributed by atoms with Crippen molar-refractivity contribution in [2.24, 2.45) is 5.14 Å².